The van der Waals surface area contributed by atoms with Gasteiger partial charge in [-0.3, -0.25) is 0 Å². The first kappa shape index (κ1) is 26.2. The van der Waals surface area contributed by atoms with Gasteiger partial charge in [-0.15, -0.1) is 0 Å². The average molecular weight is 479 g/mol. The van der Waals surface area contributed by atoms with Gasteiger partial charge in [-0.2, -0.15) is 0 Å². The van der Waals surface area contributed by atoms with Gasteiger partial charge in [0.2, 0.25) is 0 Å². The summed E-state index contributed by atoms with van der Waals surface area (Å²) in [6.45, 7) is 13.2. The molecule has 0 bridgehead atoms. The van der Waals surface area contributed by atoms with Crippen LogP contribution in [0.2, 0.25) is 36.3 Å². The van der Waals surface area contributed by atoms with Crippen LogP contribution in [0.1, 0.15) is 52.7 Å². The van der Waals surface area contributed by atoms with E-state index in [2.05, 4.69) is 41.5 Å². The van der Waals surface area contributed by atoms with Gasteiger partial charge in [0.25, 0.3) is 0 Å². The zero-order valence-corrected chi connectivity index (χ0v) is 22.4. The second kappa shape index (κ2) is 11.7. The molecule has 2 heterocycles. The summed E-state index contributed by atoms with van der Waals surface area (Å²) in [6.07, 6.45) is 3.24. The SMILES string of the molecule is CC[Si](CC)(CC)c1cc(COC(=O)C(=O)OCc2coc([Si](CC)(CC)CC)c2)co1. The average Bonchev–Trinajstić information content (AvgIpc) is 3.50. The Morgan fingerprint density at radius 2 is 0.969 bits per heavy atom. The number of carbonyl (C=O) groups excluding carboxylic acids is 2. The Morgan fingerprint density at radius 1 is 0.656 bits per heavy atom. The predicted molar refractivity (Wildman–Crippen MR) is 131 cm³/mol. The van der Waals surface area contributed by atoms with Crippen molar-refractivity contribution in [3.05, 3.63) is 35.8 Å². The number of hydrogen-bond donors (Lipinski definition) is 0. The lowest BCUT2D eigenvalue weighted by atomic mass is 10.4. The van der Waals surface area contributed by atoms with Gasteiger partial charge in [0, 0.05) is 11.1 Å². The third-order valence-electron chi connectivity index (χ3n) is 7.32. The van der Waals surface area contributed by atoms with Gasteiger partial charge in [0.1, 0.15) is 29.4 Å². The lowest BCUT2D eigenvalue weighted by Crippen LogP contribution is -2.44. The van der Waals surface area contributed by atoms with Crippen LogP contribution in [-0.2, 0) is 32.3 Å². The van der Waals surface area contributed by atoms with Crippen molar-refractivity contribution in [3.63, 3.8) is 0 Å². The maximum absolute atomic E-state index is 12.1. The van der Waals surface area contributed by atoms with Crippen LogP contribution in [0.15, 0.2) is 33.5 Å². The number of rotatable bonds is 12. The number of furan rings is 2. The highest BCUT2D eigenvalue weighted by atomic mass is 28.3. The summed E-state index contributed by atoms with van der Waals surface area (Å²) < 4.78 is 21.9. The minimum absolute atomic E-state index is 0.00741. The first-order chi connectivity index (χ1) is 15.3. The lowest BCUT2D eigenvalue weighted by molar-refractivity contribution is -0.169. The number of ether oxygens (including phenoxy) is 2. The van der Waals surface area contributed by atoms with Crippen LogP contribution in [-0.4, -0.2) is 28.1 Å². The van der Waals surface area contributed by atoms with Gasteiger partial charge in [0.15, 0.2) is 0 Å². The quantitative estimate of drug-likeness (QED) is 0.240. The van der Waals surface area contributed by atoms with Crippen molar-refractivity contribution in [2.24, 2.45) is 0 Å². The van der Waals surface area contributed by atoms with E-state index in [1.54, 1.807) is 12.5 Å². The van der Waals surface area contributed by atoms with Gasteiger partial charge in [-0.25, -0.2) is 9.59 Å². The minimum Gasteiger partial charge on any atom is -0.474 e. The van der Waals surface area contributed by atoms with Gasteiger partial charge < -0.3 is 18.3 Å². The Kier molecular flexibility index (Phi) is 9.57. The summed E-state index contributed by atoms with van der Waals surface area (Å²) in [5.41, 5.74) is 1.51. The maximum Gasteiger partial charge on any atom is 0.417 e. The molecule has 0 aliphatic carbocycles. The molecule has 8 heteroatoms. The van der Waals surface area contributed by atoms with Crippen LogP contribution in [0.3, 0.4) is 0 Å². The van der Waals surface area contributed by atoms with E-state index >= 15 is 0 Å². The van der Waals surface area contributed by atoms with Crippen molar-refractivity contribution in [3.8, 4) is 0 Å². The van der Waals surface area contributed by atoms with Crippen molar-refractivity contribution < 1.29 is 27.9 Å². The van der Waals surface area contributed by atoms with Crippen LogP contribution in [0, 0.1) is 0 Å². The molecule has 0 saturated heterocycles. The highest BCUT2D eigenvalue weighted by molar-refractivity contribution is 6.91. The van der Waals surface area contributed by atoms with Crippen molar-refractivity contribution >= 4 is 38.9 Å². The standard InChI is InChI=1S/C24H38O6Si2/c1-7-31(8-2,9-3)21-13-19(15-27-21)17-29-23(25)24(26)30-18-20-14-22(28-16-20)32(10-4,11-5)12-6/h13-16H,7-12,17-18H2,1-6H3. The molecule has 0 atom stereocenters. The molecule has 178 valence electrons. The predicted octanol–water partition coefficient (Wildman–Crippen LogP) is 5.09. The normalized spacial score (nSPS) is 12.1. The summed E-state index contributed by atoms with van der Waals surface area (Å²) in [6, 6.07) is 10.6. The monoisotopic (exact) mass is 478 g/mol. The number of carbonyl (C=O) groups is 2. The highest BCUT2D eigenvalue weighted by Crippen LogP contribution is 2.22. The fraction of sp³-hybridized carbons (Fsp3) is 0.583. The molecular weight excluding hydrogens is 440 g/mol. The molecule has 0 fully saturated rings. The second-order valence-electron chi connectivity index (χ2n) is 8.47. The molecule has 2 aromatic rings. The van der Waals surface area contributed by atoms with E-state index in [0.717, 1.165) is 58.2 Å². The van der Waals surface area contributed by atoms with Gasteiger partial charge >= 0.3 is 11.9 Å². The summed E-state index contributed by atoms with van der Waals surface area (Å²) in [5.74, 6) is -2.00. The number of esters is 2. The van der Waals surface area contributed by atoms with Crippen LogP contribution in [0.25, 0.3) is 0 Å². The Hall–Kier alpha value is -2.07. The molecule has 0 N–H and O–H groups in total. The van der Waals surface area contributed by atoms with Gasteiger partial charge in [0.05, 0.1) is 23.3 Å². The molecule has 0 spiro atoms. The van der Waals surface area contributed by atoms with Gasteiger partial charge in [-0.05, 0) is 12.1 Å². The molecule has 0 aromatic carbocycles. The molecule has 0 saturated carbocycles. The largest absolute Gasteiger partial charge is 0.474 e. The van der Waals surface area contributed by atoms with E-state index in [9.17, 15) is 9.59 Å². The third-order valence-corrected chi connectivity index (χ3v) is 18.1. The Bertz CT molecular complexity index is 788. The number of hydrogen-bond acceptors (Lipinski definition) is 6. The first-order valence-electron chi connectivity index (χ1n) is 11.8. The molecule has 0 aliphatic heterocycles. The minimum atomic E-state index is -1.63. The van der Waals surface area contributed by atoms with Crippen molar-refractivity contribution in [1.82, 2.24) is 0 Å². The fourth-order valence-electron chi connectivity index (χ4n) is 4.42. The molecular formula is C24H38O6Si2. The first-order valence-corrected chi connectivity index (χ1v) is 17.1. The molecule has 0 unspecified atom stereocenters. The fourth-order valence-corrected chi connectivity index (χ4v) is 11.1. The van der Waals surface area contributed by atoms with Crippen molar-refractivity contribution in [2.45, 2.75) is 91.0 Å². The van der Waals surface area contributed by atoms with Crippen LogP contribution < -0.4 is 10.8 Å². The molecule has 2 rings (SSSR count). The smallest absolute Gasteiger partial charge is 0.417 e. The molecule has 2 aromatic heterocycles. The Morgan fingerprint density at radius 3 is 1.25 bits per heavy atom. The topological polar surface area (TPSA) is 78.9 Å². The van der Waals surface area contributed by atoms with E-state index in [0.29, 0.717) is 0 Å². The van der Waals surface area contributed by atoms with Crippen molar-refractivity contribution in [1.29, 1.82) is 0 Å². The second-order valence-corrected chi connectivity index (χ2v) is 18.8. The van der Waals surface area contributed by atoms with Crippen molar-refractivity contribution in [2.75, 3.05) is 0 Å². The van der Waals surface area contributed by atoms with Crippen LogP contribution >= 0.6 is 0 Å². The summed E-state index contributed by atoms with van der Waals surface area (Å²) in [7, 11) is -3.25. The Labute approximate surface area is 193 Å². The molecule has 32 heavy (non-hydrogen) atoms. The molecule has 6 nitrogen and oxygen atoms in total. The van der Waals surface area contributed by atoms with E-state index in [1.807, 2.05) is 12.1 Å². The summed E-state index contributed by atoms with van der Waals surface area (Å²) in [5, 5.41) is 2.06. The highest BCUT2D eigenvalue weighted by Gasteiger charge is 2.34. The van der Waals surface area contributed by atoms with E-state index in [4.69, 9.17) is 18.3 Å². The van der Waals surface area contributed by atoms with E-state index in [-0.39, 0.29) is 13.2 Å². The Balaban J connectivity index is 1.89. The molecule has 0 radical (unpaired) electrons. The summed E-state index contributed by atoms with van der Waals surface area (Å²) >= 11 is 0. The zero-order chi connectivity index (χ0) is 23.8. The van der Waals surface area contributed by atoms with E-state index in [1.165, 1.54) is 0 Å². The zero-order valence-electron chi connectivity index (χ0n) is 20.4. The van der Waals surface area contributed by atoms with E-state index < -0.39 is 28.1 Å². The molecule has 0 aliphatic rings. The summed E-state index contributed by atoms with van der Waals surface area (Å²) in [4.78, 5) is 24.2. The van der Waals surface area contributed by atoms with Gasteiger partial charge in [-0.1, -0.05) is 77.8 Å². The van der Waals surface area contributed by atoms with Crippen LogP contribution in [0.5, 0.6) is 0 Å². The molecule has 0 amide bonds. The lowest BCUT2D eigenvalue weighted by Gasteiger charge is -2.24. The maximum atomic E-state index is 12.1. The third kappa shape index (κ3) is 5.64. The van der Waals surface area contributed by atoms with Crippen LogP contribution in [0.4, 0.5) is 0 Å².